The predicted molar refractivity (Wildman–Crippen MR) is 95.0 cm³/mol. The van der Waals surface area contributed by atoms with Crippen LogP contribution in [0.3, 0.4) is 0 Å². The Morgan fingerprint density at radius 1 is 1.04 bits per heavy atom. The third-order valence-corrected chi connectivity index (χ3v) is 5.24. The van der Waals surface area contributed by atoms with E-state index in [0.717, 1.165) is 5.56 Å². The summed E-state index contributed by atoms with van der Waals surface area (Å²) in [7, 11) is -3.66. The molecule has 0 saturated carbocycles. The van der Waals surface area contributed by atoms with Gasteiger partial charge < -0.3 is 0 Å². The van der Waals surface area contributed by atoms with E-state index in [1.54, 1.807) is 53.3 Å². The van der Waals surface area contributed by atoms with Crippen molar-refractivity contribution in [3.8, 4) is 0 Å². The number of anilines is 1. The van der Waals surface area contributed by atoms with Crippen LogP contribution in [0.2, 0.25) is 10.0 Å². The Morgan fingerprint density at radius 2 is 1.79 bits per heavy atom. The van der Waals surface area contributed by atoms with Gasteiger partial charge >= 0.3 is 0 Å². The van der Waals surface area contributed by atoms with E-state index in [-0.39, 0.29) is 10.7 Å². The van der Waals surface area contributed by atoms with E-state index in [0.29, 0.717) is 16.6 Å². The smallest absolute Gasteiger partial charge is 0.263 e. The number of hydrogen-bond acceptors (Lipinski definition) is 3. The third kappa shape index (κ3) is 3.90. The van der Waals surface area contributed by atoms with Crippen molar-refractivity contribution in [3.05, 3.63) is 76.4 Å². The summed E-state index contributed by atoms with van der Waals surface area (Å²) in [5, 5.41) is 5.30. The zero-order valence-electron chi connectivity index (χ0n) is 12.4. The predicted octanol–water partition coefficient (Wildman–Crippen LogP) is 4.04. The van der Waals surface area contributed by atoms with Crippen LogP contribution >= 0.6 is 23.2 Å². The minimum absolute atomic E-state index is 0.181. The summed E-state index contributed by atoms with van der Waals surface area (Å²) in [5.41, 5.74) is 0.835. The Hall–Kier alpha value is -2.02. The van der Waals surface area contributed by atoms with Crippen LogP contribution in [0.25, 0.3) is 0 Å². The quantitative estimate of drug-likeness (QED) is 0.725. The highest BCUT2D eigenvalue weighted by Gasteiger charge is 2.15. The number of halogens is 2. The van der Waals surface area contributed by atoms with E-state index in [2.05, 4.69) is 9.82 Å². The van der Waals surface area contributed by atoms with Crippen LogP contribution in [0.4, 0.5) is 5.82 Å². The first kappa shape index (κ1) is 16.8. The first-order valence-electron chi connectivity index (χ1n) is 6.99. The maximum atomic E-state index is 12.3. The summed E-state index contributed by atoms with van der Waals surface area (Å²) in [6.45, 7) is 0.406. The molecule has 0 amide bonds. The van der Waals surface area contributed by atoms with Gasteiger partial charge in [-0.3, -0.25) is 9.40 Å². The maximum absolute atomic E-state index is 12.3. The number of nitrogens with zero attached hydrogens (tertiary/aromatic N) is 2. The minimum Gasteiger partial charge on any atom is -0.266 e. The lowest BCUT2D eigenvalue weighted by Gasteiger charge is -2.06. The molecule has 3 aromatic rings. The molecule has 0 aliphatic carbocycles. The molecule has 0 spiro atoms. The highest BCUT2D eigenvalue weighted by atomic mass is 35.5. The first-order valence-corrected chi connectivity index (χ1v) is 9.23. The Labute approximate surface area is 149 Å². The van der Waals surface area contributed by atoms with Gasteiger partial charge in [0.05, 0.1) is 11.4 Å². The zero-order chi connectivity index (χ0) is 17.2. The van der Waals surface area contributed by atoms with E-state index in [1.807, 2.05) is 0 Å². The SMILES string of the molecule is O=S(=O)(Nc1ccn(Cc2ccc(Cl)cc2Cl)n1)c1ccccc1. The molecule has 1 heterocycles. The summed E-state index contributed by atoms with van der Waals surface area (Å²) in [6, 6.07) is 14.9. The second-order valence-electron chi connectivity index (χ2n) is 5.05. The summed E-state index contributed by atoms with van der Waals surface area (Å²) in [5.74, 6) is 0.240. The standard InChI is InChI=1S/C16H13Cl2N3O2S/c17-13-7-6-12(15(18)10-13)11-21-9-8-16(19-21)20-24(22,23)14-4-2-1-3-5-14/h1-10H,11H2,(H,19,20). The lowest BCUT2D eigenvalue weighted by Crippen LogP contribution is -2.13. The van der Waals surface area contributed by atoms with Gasteiger partial charge in [-0.2, -0.15) is 5.10 Å². The van der Waals surface area contributed by atoms with E-state index < -0.39 is 10.0 Å². The number of benzene rings is 2. The average Bonchev–Trinajstić information content (AvgIpc) is 2.97. The van der Waals surface area contributed by atoms with Crippen molar-refractivity contribution in [2.75, 3.05) is 4.72 Å². The van der Waals surface area contributed by atoms with E-state index in [9.17, 15) is 8.42 Å². The second-order valence-corrected chi connectivity index (χ2v) is 7.58. The van der Waals surface area contributed by atoms with Crippen molar-refractivity contribution in [2.24, 2.45) is 0 Å². The summed E-state index contributed by atoms with van der Waals surface area (Å²) < 4.78 is 28.6. The van der Waals surface area contributed by atoms with E-state index in [4.69, 9.17) is 23.2 Å². The molecular weight excluding hydrogens is 369 g/mol. The second kappa shape index (κ2) is 6.84. The molecule has 124 valence electrons. The Bertz CT molecular complexity index is 956. The van der Waals surface area contributed by atoms with Gasteiger partial charge in [0, 0.05) is 22.3 Å². The largest absolute Gasteiger partial charge is 0.266 e. The van der Waals surface area contributed by atoms with Crippen molar-refractivity contribution in [1.82, 2.24) is 9.78 Å². The molecule has 5 nitrogen and oxygen atoms in total. The van der Waals surface area contributed by atoms with Gasteiger partial charge in [0.15, 0.2) is 5.82 Å². The van der Waals surface area contributed by atoms with Gasteiger partial charge in [-0.25, -0.2) is 8.42 Å². The summed E-state index contributed by atoms with van der Waals surface area (Å²) in [6.07, 6.45) is 1.67. The Kier molecular flexibility index (Phi) is 4.80. The molecule has 0 aliphatic heterocycles. The van der Waals surface area contributed by atoms with Crippen molar-refractivity contribution in [1.29, 1.82) is 0 Å². The van der Waals surface area contributed by atoms with Gasteiger partial charge in [0.1, 0.15) is 0 Å². The average molecular weight is 382 g/mol. The van der Waals surface area contributed by atoms with Gasteiger partial charge in [-0.05, 0) is 29.8 Å². The normalized spacial score (nSPS) is 11.4. The molecule has 1 N–H and O–H groups in total. The van der Waals surface area contributed by atoms with Crippen LogP contribution in [0.5, 0.6) is 0 Å². The monoisotopic (exact) mass is 381 g/mol. The van der Waals surface area contributed by atoms with Crippen LogP contribution in [0.15, 0.2) is 65.7 Å². The van der Waals surface area contributed by atoms with Gasteiger partial charge in [-0.15, -0.1) is 0 Å². The highest BCUT2D eigenvalue weighted by molar-refractivity contribution is 7.92. The zero-order valence-corrected chi connectivity index (χ0v) is 14.7. The first-order chi connectivity index (χ1) is 11.4. The lowest BCUT2D eigenvalue weighted by molar-refractivity contribution is 0.600. The van der Waals surface area contributed by atoms with Gasteiger partial charge in [0.2, 0.25) is 0 Å². The molecule has 0 saturated heterocycles. The minimum atomic E-state index is -3.66. The van der Waals surface area contributed by atoms with Crippen LogP contribution in [-0.4, -0.2) is 18.2 Å². The number of aromatic nitrogens is 2. The molecule has 0 atom stereocenters. The topological polar surface area (TPSA) is 64.0 Å². The highest BCUT2D eigenvalue weighted by Crippen LogP contribution is 2.22. The Balaban J connectivity index is 1.76. The molecule has 0 fully saturated rings. The molecule has 8 heteroatoms. The van der Waals surface area contributed by atoms with Gasteiger partial charge in [0.25, 0.3) is 10.0 Å². The van der Waals surface area contributed by atoms with Crippen LogP contribution in [-0.2, 0) is 16.6 Å². The fraction of sp³-hybridized carbons (Fsp3) is 0.0625. The molecule has 0 radical (unpaired) electrons. The lowest BCUT2D eigenvalue weighted by atomic mass is 10.2. The number of sulfonamides is 1. The van der Waals surface area contributed by atoms with Crippen molar-refractivity contribution >= 4 is 39.0 Å². The van der Waals surface area contributed by atoms with E-state index >= 15 is 0 Å². The van der Waals surface area contributed by atoms with Crippen molar-refractivity contribution in [2.45, 2.75) is 11.4 Å². The molecule has 24 heavy (non-hydrogen) atoms. The van der Waals surface area contributed by atoms with Crippen LogP contribution in [0.1, 0.15) is 5.56 Å². The van der Waals surface area contributed by atoms with Crippen LogP contribution in [0, 0.1) is 0 Å². The van der Waals surface area contributed by atoms with Crippen molar-refractivity contribution in [3.63, 3.8) is 0 Å². The maximum Gasteiger partial charge on any atom is 0.263 e. The van der Waals surface area contributed by atoms with Crippen LogP contribution < -0.4 is 4.72 Å². The molecule has 3 rings (SSSR count). The summed E-state index contributed by atoms with van der Waals surface area (Å²) in [4.78, 5) is 0.181. The van der Waals surface area contributed by atoms with Crippen molar-refractivity contribution < 1.29 is 8.42 Å². The summed E-state index contributed by atoms with van der Waals surface area (Å²) >= 11 is 12.0. The molecule has 0 bridgehead atoms. The molecule has 0 aliphatic rings. The third-order valence-electron chi connectivity index (χ3n) is 3.28. The van der Waals surface area contributed by atoms with E-state index in [1.165, 1.54) is 12.1 Å². The molecule has 1 aromatic heterocycles. The number of hydrogen-bond donors (Lipinski definition) is 1. The fourth-order valence-electron chi connectivity index (χ4n) is 2.12. The number of nitrogens with one attached hydrogen (secondary N) is 1. The molecule has 0 unspecified atom stereocenters. The fourth-order valence-corrected chi connectivity index (χ4v) is 3.61. The number of rotatable bonds is 5. The van der Waals surface area contributed by atoms with Gasteiger partial charge in [-0.1, -0.05) is 47.5 Å². The molecular formula is C16H13Cl2N3O2S. The Morgan fingerprint density at radius 3 is 2.50 bits per heavy atom. The molecule has 2 aromatic carbocycles.